The van der Waals surface area contributed by atoms with Crippen molar-refractivity contribution in [2.75, 3.05) is 38.6 Å². The van der Waals surface area contributed by atoms with Crippen molar-refractivity contribution < 1.29 is 0 Å². The maximum absolute atomic E-state index is 6.40. The summed E-state index contributed by atoms with van der Waals surface area (Å²) in [5.41, 5.74) is 2.44. The zero-order valence-corrected chi connectivity index (χ0v) is 14.2. The summed E-state index contributed by atoms with van der Waals surface area (Å²) in [6.07, 6.45) is 0. The highest BCUT2D eigenvalue weighted by Crippen LogP contribution is 2.29. The van der Waals surface area contributed by atoms with Gasteiger partial charge < -0.3 is 15.1 Å². The Balaban J connectivity index is 3.04. The first-order valence-electron chi connectivity index (χ1n) is 7.40. The van der Waals surface area contributed by atoms with Crippen molar-refractivity contribution in [1.82, 2.24) is 10.2 Å². The molecule has 20 heavy (non-hydrogen) atoms. The van der Waals surface area contributed by atoms with Crippen LogP contribution in [-0.4, -0.2) is 44.7 Å². The van der Waals surface area contributed by atoms with E-state index in [1.54, 1.807) is 0 Å². The van der Waals surface area contributed by atoms with Gasteiger partial charge in [-0.15, -0.1) is 0 Å². The molecule has 1 N–H and O–H groups in total. The third-order valence-corrected chi connectivity index (χ3v) is 3.81. The number of hydrogen-bond donors (Lipinski definition) is 1. The number of benzene rings is 1. The number of rotatable bonds is 8. The molecule has 114 valence electrons. The van der Waals surface area contributed by atoms with Gasteiger partial charge in [0.1, 0.15) is 0 Å². The Morgan fingerprint density at radius 3 is 2.50 bits per heavy atom. The predicted molar refractivity (Wildman–Crippen MR) is 89.9 cm³/mol. The molecule has 1 rings (SSSR count). The number of nitrogens with zero attached hydrogens (tertiary/aromatic N) is 2. The normalized spacial score (nSPS) is 12.8. The molecule has 0 spiro atoms. The van der Waals surface area contributed by atoms with Crippen LogP contribution in [0.5, 0.6) is 0 Å². The average molecular weight is 298 g/mol. The number of halogens is 1. The smallest absolute Gasteiger partial charge is 0.0471 e. The van der Waals surface area contributed by atoms with E-state index >= 15 is 0 Å². The number of likely N-dealkylation sites (N-methyl/N-ethyl adjacent to an activating group) is 2. The van der Waals surface area contributed by atoms with E-state index in [2.05, 4.69) is 56.0 Å². The Bertz CT molecular complexity index is 407. The summed E-state index contributed by atoms with van der Waals surface area (Å²) in [7, 11) is 4.23. The van der Waals surface area contributed by atoms with Gasteiger partial charge >= 0.3 is 0 Å². The number of hydrogen-bond acceptors (Lipinski definition) is 3. The standard InChI is InChI=1S/C16H28ClN3/c1-6-18-11-14-15(17)9-8-10-16(14)20(7-2)13(3)12-19(4)5/h8-10,13,18H,6-7,11-12H2,1-5H3. The molecule has 0 aromatic heterocycles. The molecule has 0 aliphatic carbocycles. The van der Waals surface area contributed by atoms with E-state index in [-0.39, 0.29) is 0 Å². The second-order valence-corrected chi connectivity index (χ2v) is 5.82. The van der Waals surface area contributed by atoms with Crippen LogP contribution in [0.1, 0.15) is 26.3 Å². The zero-order chi connectivity index (χ0) is 15.1. The van der Waals surface area contributed by atoms with E-state index in [4.69, 9.17) is 11.6 Å². The van der Waals surface area contributed by atoms with Crippen LogP contribution in [-0.2, 0) is 6.54 Å². The number of anilines is 1. The molecule has 0 aliphatic rings. The van der Waals surface area contributed by atoms with E-state index in [0.29, 0.717) is 6.04 Å². The largest absolute Gasteiger partial charge is 0.368 e. The average Bonchev–Trinajstić information content (AvgIpc) is 2.38. The highest BCUT2D eigenvalue weighted by molar-refractivity contribution is 6.31. The Hall–Kier alpha value is -0.770. The van der Waals surface area contributed by atoms with Gasteiger partial charge in [-0.1, -0.05) is 24.6 Å². The molecular formula is C16H28ClN3. The van der Waals surface area contributed by atoms with Gasteiger partial charge in [0.05, 0.1) is 0 Å². The quantitative estimate of drug-likeness (QED) is 0.795. The van der Waals surface area contributed by atoms with Crippen LogP contribution in [0.2, 0.25) is 5.02 Å². The summed E-state index contributed by atoms with van der Waals surface area (Å²) in [6.45, 7) is 10.4. The Morgan fingerprint density at radius 1 is 1.25 bits per heavy atom. The van der Waals surface area contributed by atoms with Crippen LogP contribution >= 0.6 is 11.6 Å². The molecule has 3 nitrogen and oxygen atoms in total. The molecule has 0 bridgehead atoms. The summed E-state index contributed by atoms with van der Waals surface area (Å²) >= 11 is 6.40. The summed E-state index contributed by atoms with van der Waals surface area (Å²) in [6, 6.07) is 6.64. The third kappa shape index (κ3) is 4.65. The second kappa shape index (κ2) is 8.50. The van der Waals surface area contributed by atoms with E-state index in [1.807, 2.05) is 12.1 Å². The first-order chi connectivity index (χ1) is 9.51. The van der Waals surface area contributed by atoms with Crippen LogP contribution < -0.4 is 10.2 Å². The van der Waals surface area contributed by atoms with Gasteiger partial charge in [0, 0.05) is 41.9 Å². The molecule has 1 aromatic rings. The lowest BCUT2D eigenvalue weighted by atomic mass is 10.1. The van der Waals surface area contributed by atoms with E-state index < -0.39 is 0 Å². The SMILES string of the molecule is CCNCc1c(Cl)cccc1N(CC)C(C)CN(C)C. The fourth-order valence-electron chi connectivity index (χ4n) is 2.59. The van der Waals surface area contributed by atoms with Gasteiger partial charge in [0.25, 0.3) is 0 Å². The molecule has 0 heterocycles. The Morgan fingerprint density at radius 2 is 1.95 bits per heavy atom. The van der Waals surface area contributed by atoms with E-state index in [1.165, 1.54) is 11.3 Å². The minimum Gasteiger partial charge on any atom is -0.368 e. The van der Waals surface area contributed by atoms with Crippen LogP contribution in [0, 0.1) is 0 Å². The molecule has 0 radical (unpaired) electrons. The minimum absolute atomic E-state index is 0.453. The van der Waals surface area contributed by atoms with Crippen molar-refractivity contribution in [2.24, 2.45) is 0 Å². The summed E-state index contributed by atoms with van der Waals surface area (Å²) in [5, 5.41) is 4.23. The maximum atomic E-state index is 6.40. The van der Waals surface area contributed by atoms with Gasteiger partial charge in [-0.25, -0.2) is 0 Å². The van der Waals surface area contributed by atoms with Gasteiger partial charge in [-0.05, 0) is 46.6 Å². The van der Waals surface area contributed by atoms with Crippen LogP contribution in [0.4, 0.5) is 5.69 Å². The molecule has 1 unspecified atom stereocenters. The molecule has 1 aromatic carbocycles. The Labute approximate surface area is 128 Å². The lowest BCUT2D eigenvalue weighted by Gasteiger charge is -2.34. The van der Waals surface area contributed by atoms with E-state index in [9.17, 15) is 0 Å². The van der Waals surface area contributed by atoms with Crippen LogP contribution in [0.3, 0.4) is 0 Å². The molecule has 1 atom stereocenters. The first kappa shape index (κ1) is 17.3. The highest BCUT2D eigenvalue weighted by Gasteiger charge is 2.18. The van der Waals surface area contributed by atoms with Crippen molar-refractivity contribution in [1.29, 1.82) is 0 Å². The first-order valence-corrected chi connectivity index (χ1v) is 7.78. The molecule has 0 amide bonds. The maximum Gasteiger partial charge on any atom is 0.0471 e. The third-order valence-electron chi connectivity index (χ3n) is 3.46. The van der Waals surface area contributed by atoms with E-state index in [0.717, 1.165) is 31.2 Å². The summed E-state index contributed by atoms with van der Waals surface area (Å²) < 4.78 is 0. The van der Waals surface area contributed by atoms with Crippen molar-refractivity contribution in [3.05, 3.63) is 28.8 Å². The van der Waals surface area contributed by atoms with Crippen LogP contribution in [0.25, 0.3) is 0 Å². The van der Waals surface area contributed by atoms with Gasteiger partial charge in [0.2, 0.25) is 0 Å². The molecule has 0 saturated carbocycles. The topological polar surface area (TPSA) is 18.5 Å². The lowest BCUT2D eigenvalue weighted by molar-refractivity contribution is 0.372. The Kier molecular flexibility index (Phi) is 7.35. The van der Waals surface area contributed by atoms with Gasteiger partial charge in [0.15, 0.2) is 0 Å². The molecular weight excluding hydrogens is 270 g/mol. The molecule has 0 fully saturated rings. The zero-order valence-electron chi connectivity index (χ0n) is 13.4. The van der Waals surface area contributed by atoms with Gasteiger partial charge in [-0.3, -0.25) is 0 Å². The number of nitrogens with one attached hydrogen (secondary N) is 1. The van der Waals surface area contributed by atoms with Gasteiger partial charge in [-0.2, -0.15) is 0 Å². The lowest BCUT2D eigenvalue weighted by Crippen LogP contribution is -2.40. The molecule has 4 heteroatoms. The predicted octanol–water partition coefficient (Wildman–Crippen LogP) is 3.23. The summed E-state index contributed by atoms with van der Waals surface area (Å²) in [5.74, 6) is 0. The van der Waals surface area contributed by atoms with Crippen molar-refractivity contribution in [3.8, 4) is 0 Å². The monoisotopic (exact) mass is 297 g/mol. The fraction of sp³-hybridized carbons (Fsp3) is 0.625. The second-order valence-electron chi connectivity index (χ2n) is 5.42. The minimum atomic E-state index is 0.453. The summed E-state index contributed by atoms with van der Waals surface area (Å²) in [4.78, 5) is 4.65. The van der Waals surface area contributed by atoms with Crippen molar-refractivity contribution >= 4 is 17.3 Å². The van der Waals surface area contributed by atoms with Crippen molar-refractivity contribution in [2.45, 2.75) is 33.4 Å². The van der Waals surface area contributed by atoms with Crippen LogP contribution in [0.15, 0.2) is 18.2 Å². The highest BCUT2D eigenvalue weighted by atomic mass is 35.5. The molecule has 0 saturated heterocycles. The van der Waals surface area contributed by atoms with Crippen molar-refractivity contribution in [3.63, 3.8) is 0 Å². The fourth-order valence-corrected chi connectivity index (χ4v) is 2.82. The molecule has 0 aliphatic heterocycles.